The van der Waals surface area contributed by atoms with Gasteiger partial charge in [-0.3, -0.25) is 4.79 Å². The van der Waals surface area contributed by atoms with Crippen molar-refractivity contribution in [2.24, 2.45) is 5.92 Å². The molecule has 0 aromatic carbocycles. The Balaban J connectivity index is 1.84. The Morgan fingerprint density at radius 2 is 2.06 bits per heavy atom. The molecule has 6 heteroatoms. The Bertz CT molecular complexity index is 349. The minimum atomic E-state index is -0.684. The maximum Gasteiger partial charge on any atom is 0.306 e. The number of aliphatic carboxylic acids is 1. The molecule has 1 aliphatic carbocycles. The van der Waals surface area contributed by atoms with E-state index in [0.717, 1.165) is 12.8 Å². The molecule has 1 heterocycles. The van der Waals surface area contributed by atoms with Crippen LogP contribution in [0, 0.1) is 5.92 Å². The first kappa shape index (κ1) is 10.8. The minimum absolute atomic E-state index is 0.187. The zero-order valence-corrected chi connectivity index (χ0v) is 8.83. The molecule has 0 bridgehead atoms. The number of carbonyl (C=O) groups is 1. The molecule has 0 unspecified atom stereocenters. The third-order valence-corrected chi connectivity index (χ3v) is 2.89. The summed E-state index contributed by atoms with van der Waals surface area (Å²) in [6.45, 7) is 0. The summed E-state index contributed by atoms with van der Waals surface area (Å²) in [4.78, 5) is 14.8. The number of carboxylic acid groups (broad SMARTS) is 1. The minimum Gasteiger partial charge on any atom is -0.481 e. The van der Waals surface area contributed by atoms with Crippen molar-refractivity contribution in [1.82, 2.24) is 15.2 Å². The van der Waals surface area contributed by atoms with Gasteiger partial charge in [0.2, 0.25) is 5.95 Å². The van der Waals surface area contributed by atoms with Crippen LogP contribution in [0.3, 0.4) is 0 Å². The summed E-state index contributed by atoms with van der Waals surface area (Å²) in [5, 5.41) is 19.6. The lowest BCUT2D eigenvalue weighted by atomic mass is 9.86. The summed E-state index contributed by atoms with van der Waals surface area (Å²) in [5.41, 5.74) is 0. The predicted octanol–water partition coefficient (Wildman–Crippen LogP) is 0.927. The second-order valence-electron chi connectivity index (χ2n) is 4.00. The maximum atomic E-state index is 10.8. The predicted molar refractivity (Wildman–Crippen MR) is 56.8 cm³/mol. The monoisotopic (exact) mass is 222 g/mol. The largest absolute Gasteiger partial charge is 0.481 e. The summed E-state index contributed by atoms with van der Waals surface area (Å²) in [6.07, 6.45) is 6.22. The van der Waals surface area contributed by atoms with Gasteiger partial charge in [-0.15, -0.1) is 5.10 Å². The fourth-order valence-corrected chi connectivity index (χ4v) is 1.98. The number of nitrogens with one attached hydrogen (secondary N) is 1. The molecule has 0 amide bonds. The van der Waals surface area contributed by atoms with Gasteiger partial charge >= 0.3 is 5.97 Å². The smallest absolute Gasteiger partial charge is 0.306 e. The lowest BCUT2D eigenvalue weighted by molar-refractivity contribution is -0.142. The zero-order valence-electron chi connectivity index (χ0n) is 8.83. The SMILES string of the molecule is O=C(O)C1CCC(Nc2nccnn2)CC1. The molecular formula is C10H14N4O2. The van der Waals surface area contributed by atoms with Crippen molar-refractivity contribution in [2.75, 3.05) is 5.32 Å². The number of nitrogens with zero attached hydrogens (tertiary/aromatic N) is 3. The van der Waals surface area contributed by atoms with Crippen molar-refractivity contribution < 1.29 is 9.90 Å². The lowest BCUT2D eigenvalue weighted by Gasteiger charge is -2.26. The van der Waals surface area contributed by atoms with Crippen LogP contribution in [0.4, 0.5) is 5.95 Å². The standard InChI is InChI=1S/C10H14N4O2/c15-9(16)7-1-3-8(4-2-7)13-10-11-5-6-12-14-10/h5-8H,1-4H2,(H,15,16)(H,11,13,14). The molecular weight excluding hydrogens is 208 g/mol. The molecule has 0 spiro atoms. The van der Waals surface area contributed by atoms with Gasteiger partial charge < -0.3 is 10.4 Å². The van der Waals surface area contributed by atoms with Crippen LogP contribution in [0.1, 0.15) is 25.7 Å². The molecule has 2 N–H and O–H groups in total. The van der Waals surface area contributed by atoms with E-state index in [4.69, 9.17) is 5.11 Å². The Morgan fingerprint density at radius 1 is 1.31 bits per heavy atom. The van der Waals surface area contributed by atoms with Crippen molar-refractivity contribution in [3.8, 4) is 0 Å². The van der Waals surface area contributed by atoms with Crippen molar-refractivity contribution in [2.45, 2.75) is 31.7 Å². The molecule has 1 saturated carbocycles. The quantitative estimate of drug-likeness (QED) is 0.790. The average molecular weight is 222 g/mol. The number of anilines is 1. The third kappa shape index (κ3) is 2.65. The van der Waals surface area contributed by atoms with E-state index < -0.39 is 5.97 Å². The first-order chi connectivity index (χ1) is 7.75. The van der Waals surface area contributed by atoms with Gasteiger partial charge in [-0.1, -0.05) is 0 Å². The van der Waals surface area contributed by atoms with E-state index in [0.29, 0.717) is 18.8 Å². The Labute approximate surface area is 93.1 Å². The molecule has 1 aliphatic rings. The number of carboxylic acids is 1. The fraction of sp³-hybridized carbons (Fsp3) is 0.600. The van der Waals surface area contributed by atoms with E-state index in [1.807, 2.05) is 0 Å². The Hall–Kier alpha value is -1.72. The third-order valence-electron chi connectivity index (χ3n) is 2.89. The Morgan fingerprint density at radius 3 is 2.62 bits per heavy atom. The van der Waals surface area contributed by atoms with Crippen LogP contribution in [0.2, 0.25) is 0 Å². The van der Waals surface area contributed by atoms with Crippen LogP contribution in [-0.2, 0) is 4.79 Å². The summed E-state index contributed by atoms with van der Waals surface area (Å²) < 4.78 is 0. The summed E-state index contributed by atoms with van der Waals surface area (Å²) in [5.74, 6) is -0.356. The average Bonchev–Trinajstić information content (AvgIpc) is 2.31. The van der Waals surface area contributed by atoms with Crippen LogP contribution >= 0.6 is 0 Å². The van der Waals surface area contributed by atoms with Crippen molar-refractivity contribution in [3.63, 3.8) is 0 Å². The summed E-state index contributed by atoms with van der Waals surface area (Å²) >= 11 is 0. The molecule has 16 heavy (non-hydrogen) atoms. The second-order valence-corrected chi connectivity index (χ2v) is 4.00. The van der Waals surface area contributed by atoms with E-state index >= 15 is 0 Å². The van der Waals surface area contributed by atoms with Crippen LogP contribution in [0.5, 0.6) is 0 Å². The molecule has 1 aromatic rings. The fourth-order valence-electron chi connectivity index (χ4n) is 1.98. The molecule has 0 atom stereocenters. The van der Waals surface area contributed by atoms with Crippen molar-refractivity contribution in [1.29, 1.82) is 0 Å². The highest BCUT2D eigenvalue weighted by Gasteiger charge is 2.26. The van der Waals surface area contributed by atoms with Crippen LogP contribution < -0.4 is 5.32 Å². The number of rotatable bonds is 3. The lowest BCUT2D eigenvalue weighted by Crippen LogP contribution is -2.29. The van der Waals surface area contributed by atoms with E-state index in [2.05, 4.69) is 20.5 Å². The van der Waals surface area contributed by atoms with Crippen LogP contribution in [0.15, 0.2) is 12.4 Å². The van der Waals surface area contributed by atoms with Gasteiger partial charge in [-0.05, 0) is 25.7 Å². The van der Waals surface area contributed by atoms with E-state index in [9.17, 15) is 4.79 Å². The van der Waals surface area contributed by atoms with E-state index in [-0.39, 0.29) is 12.0 Å². The molecule has 1 fully saturated rings. The van der Waals surface area contributed by atoms with Gasteiger partial charge in [0, 0.05) is 6.04 Å². The summed E-state index contributed by atoms with van der Waals surface area (Å²) in [6, 6.07) is 0.264. The molecule has 0 radical (unpaired) electrons. The molecule has 1 aromatic heterocycles. The first-order valence-corrected chi connectivity index (χ1v) is 5.39. The molecule has 2 rings (SSSR count). The van der Waals surface area contributed by atoms with Crippen LogP contribution in [-0.4, -0.2) is 32.3 Å². The van der Waals surface area contributed by atoms with Gasteiger partial charge in [0.05, 0.1) is 18.3 Å². The highest BCUT2D eigenvalue weighted by Crippen LogP contribution is 2.25. The highest BCUT2D eigenvalue weighted by molar-refractivity contribution is 5.70. The van der Waals surface area contributed by atoms with Gasteiger partial charge in [0.1, 0.15) is 0 Å². The molecule has 0 aliphatic heterocycles. The van der Waals surface area contributed by atoms with E-state index in [1.54, 1.807) is 6.20 Å². The number of hydrogen-bond donors (Lipinski definition) is 2. The topological polar surface area (TPSA) is 88.0 Å². The zero-order chi connectivity index (χ0) is 11.4. The van der Waals surface area contributed by atoms with Gasteiger partial charge in [-0.2, -0.15) is 5.10 Å². The molecule has 0 saturated heterocycles. The van der Waals surface area contributed by atoms with Gasteiger partial charge in [0.25, 0.3) is 0 Å². The maximum absolute atomic E-state index is 10.8. The van der Waals surface area contributed by atoms with Crippen LogP contribution in [0.25, 0.3) is 0 Å². The van der Waals surface area contributed by atoms with Crippen molar-refractivity contribution >= 4 is 11.9 Å². The van der Waals surface area contributed by atoms with E-state index in [1.165, 1.54) is 6.20 Å². The second kappa shape index (κ2) is 4.87. The highest BCUT2D eigenvalue weighted by atomic mass is 16.4. The van der Waals surface area contributed by atoms with Gasteiger partial charge in [0.15, 0.2) is 0 Å². The normalized spacial score (nSPS) is 25.0. The Kier molecular flexibility index (Phi) is 3.28. The van der Waals surface area contributed by atoms with Crippen molar-refractivity contribution in [3.05, 3.63) is 12.4 Å². The molecule has 6 nitrogen and oxygen atoms in total. The number of aromatic nitrogens is 3. The summed E-state index contributed by atoms with van der Waals surface area (Å²) in [7, 11) is 0. The first-order valence-electron chi connectivity index (χ1n) is 5.39. The molecule has 86 valence electrons. The number of hydrogen-bond acceptors (Lipinski definition) is 5. The van der Waals surface area contributed by atoms with Gasteiger partial charge in [-0.25, -0.2) is 4.98 Å².